The van der Waals surface area contributed by atoms with Crippen LogP contribution in [0, 0.1) is 0 Å². The highest BCUT2D eigenvalue weighted by atomic mass is 16.1. The van der Waals surface area contributed by atoms with Crippen molar-refractivity contribution in [1.82, 2.24) is 15.6 Å². The topological polar surface area (TPSA) is 54.0 Å². The normalized spacial score (nSPS) is 12.5. The van der Waals surface area contributed by atoms with Crippen LogP contribution in [0.25, 0.3) is 0 Å². The van der Waals surface area contributed by atoms with E-state index in [4.69, 9.17) is 0 Å². The van der Waals surface area contributed by atoms with Crippen LogP contribution in [0.5, 0.6) is 0 Å². The van der Waals surface area contributed by atoms with Crippen LogP contribution in [0.3, 0.4) is 0 Å². The molecule has 1 atom stereocenters. The summed E-state index contributed by atoms with van der Waals surface area (Å²) in [6, 6.07) is 4.20. The lowest BCUT2D eigenvalue weighted by Gasteiger charge is -2.14. The first-order valence-corrected chi connectivity index (χ1v) is 5.52. The van der Waals surface area contributed by atoms with Crippen molar-refractivity contribution >= 4 is 5.91 Å². The van der Waals surface area contributed by atoms with Gasteiger partial charge in [0.25, 0.3) is 0 Å². The second-order valence-corrected chi connectivity index (χ2v) is 4.11. The van der Waals surface area contributed by atoms with Gasteiger partial charge in [-0.3, -0.25) is 9.78 Å². The monoisotopic (exact) mass is 221 g/mol. The van der Waals surface area contributed by atoms with Gasteiger partial charge >= 0.3 is 0 Å². The van der Waals surface area contributed by atoms with Gasteiger partial charge in [-0.1, -0.05) is 6.07 Å². The third kappa shape index (κ3) is 4.40. The third-order valence-corrected chi connectivity index (χ3v) is 2.20. The van der Waals surface area contributed by atoms with Gasteiger partial charge in [-0.15, -0.1) is 0 Å². The SMILES string of the molecule is CC(C)NC(=O)CNC(C)c1cccnc1. The predicted octanol–water partition coefficient (Wildman–Crippen LogP) is 1.26. The molecule has 1 heterocycles. The summed E-state index contributed by atoms with van der Waals surface area (Å²) in [5.74, 6) is 0.0192. The van der Waals surface area contributed by atoms with Gasteiger partial charge in [-0.25, -0.2) is 0 Å². The maximum Gasteiger partial charge on any atom is 0.234 e. The van der Waals surface area contributed by atoms with E-state index >= 15 is 0 Å². The van der Waals surface area contributed by atoms with E-state index in [0.717, 1.165) is 5.56 Å². The molecule has 0 bridgehead atoms. The van der Waals surface area contributed by atoms with Gasteiger partial charge in [0, 0.05) is 24.5 Å². The molecule has 0 aliphatic carbocycles. The fourth-order valence-corrected chi connectivity index (χ4v) is 1.37. The molecule has 0 saturated heterocycles. The number of nitrogens with one attached hydrogen (secondary N) is 2. The number of carbonyl (C=O) groups excluding carboxylic acids is 1. The lowest BCUT2D eigenvalue weighted by Crippen LogP contribution is -2.38. The lowest BCUT2D eigenvalue weighted by molar-refractivity contribution is -0.120. The number of aromatic nitrogens is 1. The number of hydrogen-bond acceptors (Lipinski definition) is 3. The van der Waals surface area contributed by atoms with Crippen LogP contribution in [0.1, 0.15) is 32.4 Å². The van der Waals surface area contributed by atoms with E-state index in [1.54, 1.807) is 12.4 Å². The summed E-state index contributed by atoms with van der Waals surface area (Å²) in [6.45, 7) is 6.23. The van der Waals surface area contributed by atoms with Crippen molar-refractivity contribution in [3.8, 4) is 0 Å². The number of nitrogens with zero attached hydrogens (tertiary/aromatic N) is 1. The zero-order valence-electron chi connectivity index (χ0n) is 10.0. The van der Waals surface area contributed by atoms with Crippen molar-refractivity contribution < 1.29 is 4.79 Å². The summed E-state index contributed by atoms with van der Waals surface area (Å²) < 4.78 is 0. The number of hydrogen-bond donors (Lipinski definition) is 2. The van der Waals surface area contributed by atoms with Gasteiger partial charge in [0.1, 0.15) is 0 Å². The van der Waals surface area contributed by atoms with Crippen molar-refractivity contribution in [3.05, 3.63) is 30.1 Å². The van der Waals surface area contributed by atoms with Crippen LogP contribution in [0.2, 0.25) is 0 Å². The molecule has 1 rings (SSSR count). The van der Waals surface area contributed by atoms with Crippen LogP contribution in [0.4, 0.5) is 0 Å². The van der Waals surface area contributed by atoms with Gasteiger partial charge in [0.05, 0.1) is 6.54 Å². The average Bonchev–Trinajstić information content (AvgIpc) is 2.26. The Morgan fingerprint density at radius 1 is 1.44 bits per heavy atom. The quantitative estimate of drug-likeness (QED) is 0.787. The van der Waals surface area contributed by atoms with E-state index in [9.17, 15) is 4.79 Å². The Hall–Kier alpha value is -1.42. The fraction of sp³-hybridized carbons (Fsp3) is 0.500. The number of amides is 1. The summed E-state index contributed by atoms with van der Waals surface area (Å²) in [7, 11) is 0. The molecule has 1 unspecified atom stereocenters. The second-order valence-electron chi connectivity index (χ2n) is 4.11. The van der Waals surface area contributed by atoms with E-state index in [1.165, 1.54) is 0 Å². The fourth-order valence-electron chi connectivity index (χ4n) is 1.37. The average molecular weight is 221 g/mol. The molecule has 16 heavy (non-hydrogen) atoms. The first-order chi connectivity index (χ1) is 7.59. The Morgan fingerprint density at radius 2 is 2.19 bits per heavy atom. The Balaban J connectivity index is 2.36. The molecule has 4 heteroatoms. The zero-order chi connectivity index (χ0) is 12.0. The molecular formula is C12H19N3O. The molecule has 0 fully saturated rings. The van der Waals surface area contributed by atoms with Gasteiger partial charge < -0.3 is 10.6 Å². The van der Waals surface area contributed by atoms with Gasteiger partial charge in [0.2, 0.25) is 5.91 Å². The first kappa shape index (κ1) is 12.6. The van der Waals surface area contributed by atoms with Crippen molar-refractivity contribution in [2.24, 2.45) is 0 Å². The Bertz CT molecular complexity index is 324. The molecule has 0 saturated carbocycles. The minimum atomic E-state index is 0.0192. The summed E-state index contributed by atoms with van der Waals surface area (Å²) >= 11 is 0. The molecule has 0 aromatic carbocycles. The van der Waals surface area contributed by atoms with Crippen LogP contribution >= 0.6 is 0 Å². The first-order valence-electron chi connectivity index (χ1n) is 5.52. The van der Waals surface area contributed by atoms with Gasteiger partial charge in [-0.2, -0.15) is 0 Å². The Kier molecular flexibility index (Phi) is 4.92. The predicted molar refractivity (Wildman–Crippen MR) is 63.9 cm³/mol. The third-order valence-electron chi connectivity index (χ3n) is 2.20. The van der Waals surface area contributed by atoms with Gasteiger partial charge in [-0.05, 0) is 32.4 Å². The molecule has 1 aromatic rings. The minimum absolute atomic E-state index is 0.0192. The molecule has 1 aromatic heterocycles. The maximum absolute atomic E-state index is 11.4. The number of carbonyl (C=O) groups is 1. The summed E-state index contributed by atoms with van der Waals surface area (Å²) in [5.41, 5.74) is 1.08. The molecule has 88 valence electrons. The lowest BCUT2D eigenvalue weighted by atomic mass is 10.1. The number of rotatable bonds is 5. The van der Waals surface area contributed by atoms with Crippen LogP contribution in [0.15, 0.2) is 24.5 Å². The smallest absolute Gasteiger partial charge is 0.234 e. The standard InChI is InChI=1S/C12H19N3O/c1-9(2)15-12(16)8-14-10(3)11-5-4-6-13-7-11/h4-7,9-10,14H,8H2,1-3H3,(H,15,16). The summed E-state index contributed by atoms with van der Waals surface area (Å²) in [6.07, 6.45) is 3.54. The maximum atomic E-state index is 11.4. The molecule has 0 aliphatic rings. The molecule has 2 N–H and O–H groups in total. The van der Waals surface area contributed by atoms with E-state index < -0.39 is 0 Å². The largest absolute Gasteiger partial charge is 0.353 e. The highest BCUT2D eigenvalue weighted by Crippen LogP contribution is 2.08. The molecular weight excluding hydrogens is 202 g/mol. The Labute approximate surface area is 96.5 Å². The van der Waals surface area contributed by atoms with Crippen molar-refractivity contribution in [2.45, 2.75) is 32.9 Å². The van der Waals surface area contributed by atoms with Crippen molar-refractivity contribution in [3.63, 3.8) is 0 Å². The molecule has 1 amide bonds. The van der Waals surface area contributed by atoms with E-state index in [2.05, 4.69) is 15.6 Å². The number of pyridine rings is 1. The van der Waals surface area contributed by atoms with E-state index in [-0.39, 0.29) is 18.0 Å². The van der Waals surface area contributed by atoms with E-state index in [0.29, 0.717) is 6.54 Å². The molecule has 0 aliphatic heterocycles. The van der Waals surface area contributed by atoms with Crippen molar-refractivity contribution in [2.75, 3.05) is 6.54 Å². The minimum Gasteiger partial charge on any atom is -0.353 e. The van der Waals surface area contributed by atoms with Crippen LogP contribution in [-0.2, 0) is 4.79 Å². The molecule has 0 spiro atoms. The van der Waals surface area contributed by atoms with Crippen LogP contribution < -0.4 is 10.6 Å². The highest BCUT2D eigenvalue weighted by Gasteiger charge is 2.07. The van der Waals surface area contributed by atoms with Crippen LogP contribution in [-0.4, -0.2) is 23.5 Å². The second kappa shape index (κ2) is 6.23. The van der Waals surface area contributed by atoms with Gasteiger partial charge in [0.15, 0.2) is 0 Å². The molecule has 0 radical (unpaired) electrons. The Morgan fingerprint density at radius 3 is 2.75 bits per heavy atom. The zero-order valence-corrected chi connectivity index (χ0v) is 10.0. The summed E-state index contributed by atoms with van der Waals surface area (Å²) in [5, 5.41) is 5.98. The molecule has 4 nitrogen and oxygen atoms in total. The summed E-state index contributed by atoms with van der Waals surface area (Å²) in [4.78, 5) is 15.4. The highest BCUT2D eigenvalue weighted by molar-refractivity contribution is 5.78. The van der Waals surface area contributed by atoms with E-state index in [1.807, 2.05) is 32.9 Å². The van der Waals surface area contributed by atoms with Crippen molar-refractivity contribution in [1.29, 1.82) is 0 Å².